The van der Waals surface area contributed by atoms with Crippen LogP contribution in [-0.2, 0) is 35.5 Å². The summed E-state index contributed by atoms with van der Waals surface area (Å²) in [6, 6.07) is 20.5. The molecule has 4 rings (SSSR count). The molecule has 10 heteroatoms. The Balaban J connectivity index is 1.48. The third-order valence-corrected chi connectivity index (χ3v) is 7.97. The molecule has 0 radical (unpaired) electrons. The van der Waals surface area contributed by atoms with Crippen LogP contribution in [0.1, 0.15) is 52.8 Å². The lowest BCUT2D eigenvalue weighted by Gasteiger charge is -2.16. The third-order valence-electron chi connectivity index (χ3n) is 7.22. The number of carboxylic acid groups (broad SMARTS) is 1. The number of hydrogen-bond acceptors (Lipinski definition) is 5. The first kappa shape index (κ1) is 31.1. The van der Waals surface area contributed by atoms with Crippen LogP contribution in [0.2, 0.25) is 5.15 Å². The van der Waals surface area contributed by atoms with Gasteiger partial charge in [0.25, 0.3) is 0 Å². The number of carboxylic acids is 1. The van der Waals surface area contributed by atoms with Crippen molar-refractivity contribution in [2.75, 3.05) is 12.3 Å². The molecule has 42 heavy (non-hydrogen) atoms. The monoisotopic (exact) mass is 606 g/mol. The highest BCUT2D eigenvalue weighted by Gasteiger charge is 2.21. The number of amides is 2. The van der Waals surface area contributed by atoms with Crippen LogP contribution in [-0.4, -0.2) is 44.7 Å². The molecule has 0 saturated heterocycles. The van der Waals surface area contributed by atoms with E-state index in [0.717, 1.165) is 35.2 Å². The summed E-state index contributed by atoms with van der Waals surface area (Å²) >= 11 is 10.9. The molecule has 1 atom stereocenters. The Kier molecular flexibility index (Phi) is 11.0. The lowest BCUT2D eigenvalue weighted by atomic mass is 9.99. The molecule has 1 heterocycles. The summed E-state index contributed by atoms with van der Waals surface area (Å²) in [6.45, 7) is 2.45. The Morgan fingerprint density at radius 1 is 1.00 bits per heavy atom. The van der Waals surface area contributed by atoms with Gasteiger partial charge in [-0.25, -0.2) is 9.78 Å². The Morgan fingerprint density at radius 2 is 1.71 bits per heavy atom. The van der Waals surface area contributed by atoms with E-state index in [0.29, 0.717) is 41.4 Å². The molecule has 3 N–H and O–H groups in total. The largest absolute Gasteiger partial charge is 0.478 e. The smallest absolute Gasteiger partial charge is 0.336 e. The van der Waals surface area contributed by atoms with Gasteiger partial charge in [0.1, 0.15) is 5.82 Å². The number of thiol groups is 1. The fourth-order valence-corrected chi connectivity index (χ4v) is 5.50. The quantitative estimate of drug-likeness (QED) is 0.146. The maximum absolute atomic E-state index is 12.8. The van der Waals surface area contributed by atoms with Crippen LogP contribution in [0.25, 0.3) is 10.8 Å². The normalized spacial score (nSPS) is 11.8. The van der Waals surface area contributed by atoms with Crippen LogP contribution in [0.3, 0.4) is 0 Å². The van der Waals surface area contributed by atoms with Gasteiger partial charge >= 0.3 is 5.97 Å². The summed E-state index contributed by atoms with van der Waals surface area (Å²) in [5, 5.41) is 17.0. The Hall–Kier alpha value is -3.82. The highest BCUT2D eigenvalue weighted by atomic mass is 35.5. The predicted molar refractivity (Wildman–Crippen MR) is 168 cm³/mol. The van der Waals surface area contributed by atoms with E-state index in [1.54, 1.807) is 12.1 Å². The molecule has 0 aliphatic heterocycles. The second kappa shape index (κ2) is 14.9. The van der Waals surface area contributed by atoms with E-state index in [4.69, 9.17) is 11.6 Å². The van der Waals surface area contributed by atoms with Gasteiger partial charge in [-0.15, -0.1) is 0 Å². The third kappa shape index (κ3) is 7.72. The van der Waals surface area contributed by atoms with Crippen molar-refractivity contribution in [3.8, 4) is 0 Å². The van der Waals surface area contributed by atoms with Gasteiger partial charge in [0, 0.05) is 18.7 Å². The zero-order valence-electron chi connectivity index (χ0n) is 23.5. The maximum Gasteiger partial charge on any atom is 0.336 e. The summed E-state index contributed by atoms with van der Waals surface area (Å²) in [7, 11) is 0. The summed E-state index contributed by atoms with van der Waals surface area (Å²) in [4.78, 5) is 41.9. The van der Waals surface area contributed by atoms with Gasteiger partial charge < -0.3 is 20.3 Å². The second-order valence-electron chi connectivity index (χ2n) is 10.1. The van der Waals surface area contributed by atoms with Gasteiger partial charge in [-0.05, 0) is 40.8 Å². The molecule has 2 amide bonds. The summed E-state index contributed by atoms with van der Waals surface area (Å²) in [5.74, 6) is -0.768. The van der Waals surface area contributed by atoms with Crippen molar-refractivity contribution >= 4 is 52.8 Å². The van der Waals surface area contributed by atoms with Gasteiger partial charge in [-0.1, -0.05) is 85.6 Å². The van der Waals surface area contributed by atoms with Crippen LogP contribution in [0.4, 0.5) is 0 Å². The number of nitrogens with zero attached hydrogens (tertiary/aromatic N) is 2. The second-order valence-corrected chi connectivity index (χ2v) is 10.9. The minimum absolute atomic E-state index is 0.123. The Morgan fingerprint density at radius 3 is 2.40 bits per heavy atom. The minimum atomic E-state index is -0.983. The number of carbonyl (C=O) groups excluding carboxylic acids is 2. The molecule has 0 spiro atoms. The number of imidazole rings is 1. The molecule has 1 aromatic heterocycles. The lowest BCUT2D eigenvalue weighted by molar-refractivity contribution is -0.128. The first-order valence-electron chi connectivity index (χ1n) is 14.0. The first-order valence-corrected chi connectivity index (χ1v) is 15.0. The SMILES string of the molecule is CCCCc1nc(Cl)c(CNC(=O)CNC(=O)C(CS)Cc2ccccc2)n1Cc1ccc(C(=O)O)c2ccccc12. The lowest BCUT2D eigenvalue weighted by Crippen LogP contribution is -2.40. The van der Waals surface area contributed by atoms with Crippen molar-refractivity contribution in [1.29, 1.82) is 0 Å². The molecule has 3 aromatic carbocycles. The van der Waals surface area contributed by atoms with Crippen LogP contribution in [0.15, 0.2) is 66.7 Å². The van der Waals surface area contributed by atoms with E-state index >= 15 is 0 Å². The van der Waals surface area contributed by atoms with E-state index in [1.807, 2.05) is 59.2 Å². The predicted octanol–water partition coefficient (Wildman–Crippen LogP) is 5.30. The summed E-state index contributed by atoms with van der Waals surface area (Å²) in [6.07, 6.45) is 3.14. The van der Waals surface area contributed by atoms with Crippen LogP contribution >= 0.6 is 24.2 Å². The van der Waals surface area contributed by atoms with E-state index in [9.17, 15) is 19.5 Å². The van der Waals surface area contributed by atoms with Crippen molar-refractivity contribution in [3.63, 3.8) is 0 Å². The van der Waals surface area contributed by atoms with E-state index in [1.165, 1.54) is 0 Å². The van der Waals surface area contributed by atoms with Crippen molar-refractivity contribution in [2.45, 2.75) is 45.7 Å². The molecule has 0 aliphatic rings. The van der Waals surface area contributed by atoms with Crippen LogP contribution in [0, 0.1) is 5.92 Å². The minimum Gasteiger partial charge on any atom is -0.478 e. The number of rotatable bonds is 14. The number of aromatic carboxylic acids is 1. The first-order chi connectivity index (χ1) is 20.3. The molecule has 0 fully saturated rings. The topological polar surface area (TPSA) is 113 Å². The van der Waals surface area contributed by atoms with E-state index < -0.39 is 5.97 Å². The number of carbonyl (C=O) groups is 3. The fourth-order valence-electron chi connectivity index (χ4n) is 4.94. The van der Waals surface area contributed by atoms with E-state index in [2.05, 4.69) is 35.2 Å². The number of halogens is 1. The van der Waals surface area contributed by atoms with Crippen molar-refractivity contribution in [3.05, 3.63) is 100 Å². The Bertz CT molecular complexity index is 1560. The zero-order chi connectivity index (χ0) is 30.1. The number of benzene rings is 3. The number of aromatic nitrogens is 2. The molecule has 0 saturated carbocycles. The summed E-state index contributed by atoms with van der Waals surface area (Å²) in [5.41, 5.74) is 2.83. The molecule has 0 bridgehead atoms. The number of nitrogens with one attached hydrogen (secondary N) is 2. The van der Waals surface area contributed by atoms with Gasteiger partial charge in [0.05, 0.1) is 30.3 Å². The number of unbranched alkanes of at least 4 members (excludes halogenated alkanes) is 1. The number of aryl methyl sites for hydroxylation is 1. The van der Waals surface area contributed by atoms with Gasteiger partial charge in [-0.2, -0.15) is 12.6 Å². The molecule has 4 aromatic rings. The van der Waals surface area contributed by atoms with Crippen LogP contribution < -0.4 is 10.6 Å². The Labute approximate surface area is 255 Å². The highest BCUT2D eigenvalue weighted by Crippen LogP contribution is 2.27. The van der Waals surface area contributed by atoms with E-state index in [-0.39, 0.29) is 36.4 Å². The fraction of sp³-hybridized carbons (Fsp3) is 0.312. The van der Waals surface area contributed by atoms with Crippen LogP contribution in [0.5, 0.6) is 0 Å². The molecular weight excluding hydrogens is 572 g/mol. The van der Waals surface area contributed by atoms with Gasteiger partial charge in [0.15, 0.2) is 5.15 Å². The maximum atomic E-state index is 12.8. The number of fused-ring (bicyclic) bond motifs is 1. The molecule has 220 valence electrons. The highest BCUT2D eigenvalue weighted by molar-refractivity contribution is 7.80. The molecule has 0 aliphatic carbocycles. The average Bonchev–Trinajstić information content (AvgIpc) is 3.29. The summed E-state index contributed by atoms with van der Waals surface area (Å²) < 4.78 is 2.00. The average molecular weight is 607 g/mol. The van der Waals surface area contributed by atoms with Gasteiger partial charge in [0.2, 0.25) is 11.8 Å². The van der Waals surface area contributed by atoms with Crippen molar-refractivity contribution in [1.82, 2.24) is 20.2 Å². The molecule has 8 nitrogen and oxygen atoms in total. The number of hydrogen-bond donors (Lipinski definition) is 4. The molecule has 1 unspecified atom stereocenters. The standard InChI is InChI=1S/C32H35ClN4O4S/c1-2-3-13-28-36-30(33)27(37(28)19-22-14-15-26(32(40)41)25-12-8-7-11-24(22)25)17-34-29(38)18-35-31(39)23(20-42)16-21-9-5-4-6-10-21/h4-12,14-15,23,42H,2-3,13,16-20H2,1H3,(H,34,38)(H,35,39)(H,40,41). The molecular formula is C32H35ClN4O4S. The van der Waals surface area contributed by atoms with Crippen molar-refractivity contribution in [2.24, 2.45) is 5.92 Å². The van der Waals surface area contributed by atoms with Gasteiger partial charge in [-0.3, -0.25) is 9.59 Å². The zero-order valence-corrected chi connectivity index (χ0v) is 25.1. The van der Waals surface area contributed by atoms with Crippen molar-refractivity contribution < 1.29 is 19.5 Å².